The van der Waals surface area contributed by atoms with Crippen LogP contribution in [0.5, 0.6) is 0 Å². The minimum atomic E-state index is -3.37. The van der Waals surface area contributed by atoms with Gasteiger partial charge in [-0.3, -0.25) is 10.3 Å². The highest BCUT2D eigenvalue weighted by atomic mass is 32.2. The van der Waals surface area contributed by atoms with Crippen LogP contribution in [0.15, 0.2) is 29.2 Å². The summed E-state index contributed by atoms with van der Waals surface area (Å²) in [5.41, 5.74) is 5.83. The minimum Gasteiger partial charge on any atom is -0.384 e. The van der Waals surface area contributed by atoms with E-state index in [9.17, 15) is 8.42 Å². The van der Waals surface area contributed by atoms with Crippen molar-refractivity contribution in [1.29, 1.82) is 5.41 Å². The van der Waals surface area contributed by atoms with Crippen LogP contribution in [0.3, 0.4) is 0 Å². The lowest BCUT2D eigenvalue weighted by Crippen LogP contribution is -2.45. The summed E-state index contributed by atoms with van der Waals surface area (Å²) >= 11 is 0. The number of rotatable bonds is 5. The maximum absolute atomic E-state index is 12.4. The zero-order chi connectivity index (χ0) is 15.5. The Bertz CT molecular complexity index is 616. The number of nitrogens with zero attached hydrogens (tertiary/aromatic N) is 1. The number of amidine groups is 1. The van der Waals surface area contributed by atoms with Gasteiger partial charge in [0, 0.05) is 24.7 Å². The summed E-state index contributed by atoms with van der Waals surface area (Å²) in [5.74, 6) is -0.0764. The maximum atomic E-state index is 12.4. The van der Waals surface area contributed by atoms with Crippen LogP contribution in [0.2, 0.25) is 0 Å². The molecule has 1 aliphatic heterocycles. The van der Waals surface area contributed by atoms with E-state index in [1.807, 2.05) is 6.92 Å². The standard InChI is InChI=1S/C14H21N3O3S/c1-11-10-20-7-5-17(11)6-8-21(18,19)13-4-2-3-12(9-13)14(15)16/h2-4,9,11H,5-8,10H2,1H3,(H3,15,16). The number of nitrogens with two attached hydrogens (primary N) is 1. The highest BCUT2D eigenvalue weighted by molar-refractivity contribution is 7.91. The molecule has 1 atom stereocenters. The number of nitrogens with one attached hydrogen (secondary N) is 1. The number of hydrogen-bond acceptors (Lipinski definition) is 5. The molecule has 0 saturated carbocycles. The van der Waals surface area contributed by atoms with Crippen molar-refractivity contribution in [3.63, 3.8) is 0 Å². The molecule has 1 saturated heterocycles. The number of morpholine rings is 1. The molecular formula is C14H21N3O3S. The fourth-order valence-electron chi connectivity index (χ4n) is 2.31. The largest absolute Gasteiger partial charge is 0.384 e. The molecule has 116 valence electrons. The molecule has 1 heterocycles. The Balaban J connectivity index is 2.07. The van der Waals surface area contributed by atoms with Gasteiger partial charge in [0.15, 0.2) is 9.84 Å². The molecule has 0 amide bonds. The molecule has 1 aliphatic rings. The molecule has 7 heteroatoms. The van der Waals surface area contributed by atoms with Crippen LogP contribution in [-0.2, 0) is 14.6 Å². The number of benzene rings is 1. The van der Waals surface area contributed by atoms with E-state index in [1.54, 1.807) is 18.2 Å². The molecule has 21 heavy (non-hydrogen) atoms. The molecule has 0 aliphatic carbocycles. The van der Waals surface area contributed by atoms with Gasteiger partial charge in [0.1, 0.15) is 5.84 Å². The van der Waals surface area contributed by atoms with E-state index in [-0.39, 0.29) is 22.5 Å². The molecule has 6 nitrogen and oxygen atoms in total. The molecule has 2 rings (SSSR count). The van der Waals surface area contributed by atoms with Crippen LogP contribution in [0, 0.1) is 5.41 Å². The normalized spacial score (nSPS) is 20.3. The SMILES string of the molecule is CC1COCCN1CCS(=O)(=O)c1cccc(C(=N)N)c1. The van der Waals surface area contributed by atoms with E-state index in [0.717, 1.165) is 6.54 Å². The first-order chi connectivity index (χ1) is 9.90. The minimum absolute atomic E-state index is 0.0543. The van der Waals surface area contributed by atoms with Gasteiger partial charge in [-0.15, -0.1) is 0 Å². The van der Waals surface area contributed by atoms with Crippen LogP contribution >= 0.6 is 0 Å². The zero-order valence-electron chi connectivity index (χ0n) is 12.1. The van der Waals surface area contributed by atoms with Gasteiger partial charge in [-0.2, -0.15) is 0 Å². The number of ether oxygens (including phenoxy) is 1. The third-order valence-electron chi connectivity index (χ3n) is 3.66. The Kier molecular flexibility index (Phi) is 4.97. The number of hydrogen-bond donors (Lipinski definition) is 2. The first-order valence-corrected chi connectivity index (χ1v) is 8.54. The average Bonchev–Trinajstić information content (AvgIpc) is 2.46. The van der Waals surface area contributed by atoms with E-state index in [2.05, 4.69) is 4.90 Å². The predicted octanol–water partition coefficient (Wildman–Crippen LogP) is 0.465. The lowest BCUT2D eigenvalue weighted by Gasteiger charge is -2.32. The van der Waals surface area contributed by atoms with Gasteiger partial charge >= 0.3 is 0 Å². The summed E-state index contributed by atoms with van der Waals surface area (Å²) in [6.45, 7) is 4.55. The van der Waals surface area contributed by atoms with E-state index < -0.39 is 9.84 Å². The van der Waals surface area contributed by atoms with Crippen molar-refractivity contribution in [3.05, 3.63) is 29.8 Å². The predicted molar refractivity (Wildman–Crippen MR) is 81.4 cm³/mol. The molecule has 0 aromatic heterocycles. The third-order valence-corrected chi connectivity index (χ3v) is 5.35. The van der Waals surface area contributed by atoms with Crippen molar-refractivity contribution in [2.45, 2.75) is 17.9 Å². The summed E-state index contributed by atoms with van der Waals surface area (Å²) in [6.07, 6.45) is 0. The van der Waals surface area contributed by atoms with Crippen LogP contribution in [0.4, 0.5) is 0 Å². The van der Waals surface area contributed by atoms with Crippen LogP contribution in [0.1, 0.15) is 12.5 Å². The summed E-state index contributed by atoms with van der Waals surface area (Å²) in [4.78, 5) is 2.34. The molecule has 0 bridgehead atoms. The second-order valence-corrected chi connectivity index (χ2v) is 7.33. The smallest absolute Gasteiger partial charge is 0.179 e. The van der Waals surface area contributed by atoms with Gasteiger partial charge < -0.3 is 10.5 Å². The van der Waals surface area contributed by atoms with Crippen molar-refractivity contribution in [1.82, 2.24) is 4.90 Å². The Morgan fingerprint density at radius 3 is 2.95 bits per heavy atom. The van der Waals surface area contributed by atoms with Crippen LogP contribution < -0.4 is 5.73 Å². The molecular weight excluding hydrogens is 290 g/mol. The van der Waals surface area contributed by atoms with Crippen LogP contribution in [0.25, 0.3) is 0 Å². The summed E-state index contributed by atoms with van der Waals surface area (Å²) in [7, 11) is -3.37. The van der Waals surface area contributed by atoms with Gasteiger partial charge in [-0.1, -0.05) is 12.1 Å². The summed E-state index contributed by atoms with van der Waals surface area (Å²) < 4.78 is 30.1. The molecule has 0 spiro atoms. The van der Waals surface area contributed by atoms with E-state index in [0.29, 0.717) is 25.3 Å². The molecule has 1 unspecified atom stereocenters. The van der Waals surface area contributed by atoms with Gasteiger partial charge in [-0.05, 0) is 19.1 Å². The molecule has 1 aromatic rings. The summed E-state index contributed by atoms with van der Waals surface area (Å²) in [5, 5.41) is 7.39. The summed E-state index contributed by atoms with van der Waals surface area (Å²) in [6, 6.07) is 6.48. The van der Waals surface area contributed by atoms with E-state index in [1.165, 1.54) is 6.07 Å². The van der Waals surface area contributed by atoms with Crippen molar-refractivity contribution >= 4 is 15.7 Å². The molecule has 0 radical (unpaired) electrons. The molecule has 1 aromatic carbocycles. The molecule has 1 fully saturated rings. The third kappa shape index (κ3) is 4.03. The Morgan fingerprint density at radius 1 is 1.52 bits per heavy atom. The topological polar surface area (TPSA) is 96.5 Å². The lowest BCUT2D eigenvalue weighted by molar-refractivity contribution is 0.00280. The highest BCUT2D eigenvalue weighted by Gasteiger charge is 2.22. The van der Waals surface area contributed by atoms with Gasteiger partial charge in [-0.25, -0.2) is 8.42 Å². The lowest BCUT2D eigenvalue weighted by atomic mass is 10.2. The van der Waals surface area contributed by atoms with Gasteiger partial charge in [0.2, 0.25) is 0 Å². The fraction of sp³-hybridized carbons (Fsp3) is 0.500. The quantitative estimate of drug-likeness (QED) is 0.608. The van der Waals surface area contributed by atoms with E-state index in [4.69, 9.17) is 15.9 Å². The van der Waals surface area contributed by atoms with Crippen molar-refractivity contribution in [2.24, 2.45) is 5.73 Å². The second kappa shape index (κ2) is 6.55. The van der Waals surface area contributed by atoms with Crippen LogP contribution in [-0.4, -0.2) is 57.3 Å². The Hall–Kier alpha value is -1.44. The highest BCUT2D eigenvalue weighted by Crippen LogP contribution is 2.14. The monoisotopic (exact) mass is 311 g/mol. The van der Waals surface area contributed by atoms with Gasteiger partial charge in [0.25, 0.3) is 0 Å². The Labute approximate surface area is 125 Å². The van der Waals surface area contributed by atoms with Crippen molar-refractivity contribution in [2.75, 3.05) is 32.1 Å². The number of sulfone groups is 1. The maximum Gasteiger partial charge on any atom is 0.179 e. The first kappa shape index (κ1) is 15.9. The van der Waals surface area contributed by atoms with Crippen molar-refractivity contribution in [3.8, 4) is 0 Å². The number of nitrogen functional groups attached to an aromatic ring is 1. The average molecular weight is 311 g/mol. The fourth-order valence-corrected chi connectivity index (χ4v) is 3.61. The van der Waals surface area contributed by atoms with E-state index >= 15 is 0 Å². The Morgan fingerprint density at radius 2 is 2.29 bits per heavy atom. The first-order valence-electron chi connectivity index (χ1n) is 6.89. The van der Waals surface area contributed by atoms with Crippen molar-refractivity contribution < 1.29 is 13.2 Å². The zero-order valence-corrected chi connectivity index (χ0v) is 12.9. The molecule has 3 N–H and O–H groups in total. The van der Waals surface area contributed by atoms with Gasteiger partial charge in [0.05, 0.1) is 23.9 Å². The second-order valence-electron chi connectivity index (χ2n) is 5.22.